The Morgan fingerprint density at radius 2 is 2.00 bits per heavy atom. The second kappa shape index (κ2) is 4.90. The van der Waals surface area contributed by atoms with Gasteiger partial charge in [-0.05, 0) is 47.6 Å². The van der Waals surface area contributed by atoms with Gasteiger partial charge >= 0.3 is 0 Å². The third-order valence-electron chi connectivity index (χ3n) is 6.36. The van der Waals surface area contributed by atoms with E-state index in [-0.39, 0.29) is 0 Å². The van der Waals surface area contributed by atoms with E-state index in [1.807, 2.05) is 12.1 Å². The van der Waals surface area contributed by atoms with Crippen molar-refractivity contribution in [2.24, 2.45) is 16.7 Å². The van der Waals surface area contributed by atoms with Gasteiger partial charge in [0.15, 0.2) is 0 Å². The smallest absolute Gasteiger partial charge is 0.0637 e. The first-order valence-electron chi connectivity index (χ1n) is 7.52. The molecule has 0 heterocycles. The van der Waals surface area contributed by atoms with Gasteiger partial charge < -0.3 is 5.32 Å². The zero-order valence-electron chi connectivity index (χ0n) is 12.5. The van der Waals surface area contributed by atoms with Crippen molar-refractivity contribution in [3.63, 3.8) is 0 Å². The SMILES string of the molecule is CC1(C)C2CCC1(C)C(NCc1cccc(Cl)c1Cl)C2. The summed E-state index contributed by atoms with van der Waals surface area (Å²) in [6.07, 6.45) is 4.02. The van der Waals surface area contributed by atoms with Crippen molar-refractivity contribution < 1.29 is 0 Å². The third kappa shape index (κ3) is 2.01. The van der Waals surface area contributed by atoms with Crippen molar-refractivity contribution in [3.8, 4) is 0 Å². The number of fused-ring (bicyclic) bond motifs is 2. The van der Waals surface area contributed by atoms with E-state index in [4.69, 9.17) is 23.2 Å². The Morgan fingerprint density at radius 1 is 1.25 bits per heavy atom. The molecule has 3 heteroatoms. The number of rotatable bonds is 3. The molecule has 3 unspecified atom stereocenters. The summed E-state index contributed by atoms with van der Waals surface area (Å²) in [4.78, 5) is 0. The van der Waals surface area contributed by atoms with E-state index in [0.717, 1.165) is 18.0 Å². The first-order chi connectivity index (χ1) is 9.36. The van der Waals surface area contributed by atoms with Crippen LogP contribution in [-0.2, 0) is 6.54 Å². The standard InChI is InChI=1S/C17H23Cl2N/c1-16(2)12-7-8-17(16,3)14(9-12)20-10-11-5-4-6-13(18)15(11)19/h4-6,12,14,20H,7-10H2,1-3H3. The zero-order chi connectivity index (χ0) is 14.5. The van der Waals surface area contributed by atoms with Crippen LogP contribution in [0.25, 0.3) is 0 Å². The lowest BCUT2D eigenvalue weighted by Gasteiger charge is -2.39. The molecule has 20 heavy (non-hydrogen) atoms. The van der Waals surface area contributed by atoms with Crippen LogP contribution in [0.1, 0.15) is 45.6 Å². The second-order valence-electron chi connectivity index (χ2n) is 7.26. The average Bonchev–Trinajstić information content (AvgIpc) is 2.73. The molecule has 3 rings (SSSR count). The summed E-state index contributed by atoms with van der Waals surface area (Å²) in [6, 6.07) is 6.46. The minimum Gasteiger partial charge on any atom is -0.309 e. The number of benzene rings is 1. The lowest BCUT2D eigenvalue weighted by molar-refractivity contribution is 0.120. The highest BCUT2D eigenvalue weighted by Gasteiger charge is 2.60. The fourth-order valence-corrected chi connectivity index (χ4v) is 4.82. The van der Waals surface area contributed by atoms with Crippen LogP contribution in [0.5, 0.6) is 0 Å². The topological polar surface area (TPSA) is 12.0 Å². The molecule has 1 aromatic carbocycles. The van der Waals surface area contributed by atoms with Crippen molar-refractivity contribution in [2.45, 2.75) is 52.6 Å². The van der Waals surface area contributed by atoms with Crippen LogP contribution in [0.3, 0.4) is 0 Å². The second-order valence-corrected chi connectivity index (χ2v) is 8.04. The van der Waals surface area contributed by atoms with Crippen LogP contribution in [-0.4, -0.2) is 6.04 Å². The highest BCUT2D eigenvalue weighted by atomic mass is 35.5. The molecule has 2 bridgehead atoms. The number of nitrogens with one attached hydrogen (secondary N) is 1. The summed E-state index contributed by atoms with van der Waals surface area (Å²) >= 11 is 12.4. The predicted octanol–water partition coefficient (Wildman–Crippen LogP) is 5.30. The van der Waals surface area contributed by atoms with E-state index >= 15 is 0 Å². The van der Waals surface area contributed by atoms with Crippen LogP contribution >= 0.6 is 23.2 Å². The molecule has 0 aromatic heterocycles. The number of hydrogen-bond acceptors (Lipinski definition) is 1. The Hall–Kier alpha value is -0.240. The maximum absolute atomic E-state index is 6.28. The Bertz CT molecular complexity index is 526. The minimum atomic E-state index is 0.405. The monoisotopic (exact) mass is 311 g/mol. The molecule has 2 aliphatic carbocycles. The highest BCUT2D eigenvalue weighted by molar-refractivity contribution is 6.42. The van der Waals surface area contributed by atoms with Crippen LogP contribution < -0.4 is 5.32 Å². The van der Waals surface area contributed by atoms with E-state index in [1.165, 1.54) is 19.3 Å². The van der Waals surface area contributed by atoms with E-state index in [9.17, 15) is 0 Å². The summed E-state index contributed by atoms with van der Waals surface area (Å²) in [5.41, 5.74) is 1.95. The third-order valence-corrected chi connectivity index (χ3v) is 7.22. The minimum absolute atomic E-state index is 0.405. The van der Waals surface area contributed by atoms with Crippen molar-refractivity contribution in [2.75, 3.05) is 0 Å². The molecule has 0 radical (unpaired) electrons. The molecular formula is C17H23Cl2N. The Labute approximate surface area is 132 Å². The van der Waals surface area contributed by atoms with Gasteiger partial charge in [-0.3, -0.25) is 0 Å². The largest absolute Gasteiger partial charge is 0.309 e. The van der Waals surface area contributed by atoms with Gasteiger partial charge in [-0.15, -0.1) is 0 Å². The van der Waals surface area contributed by atoms with E-state index in [0.29, 0.717) is 26.9 Å². The van der Waals surface area contributed by atoms with Gasteiger partial charge in [-0.2, -0.15) is 0 Å². The highest BCUT2D eigenvalue weighted by Crippen LogP contribution is 2.65. The molecule has 2 aliphatic rings. The molecule has 0 amide bonds. The van der Waals surface area contributed by atoms with Crippen LogP contribution in [0.2, 0.25) is 10.0 Å². The molecule has 2 saturated carbocycles. The van der Waals surface area contributed by atoms with Gasteiger partial charge in [0.25, 0.3) is 0 Å². The molecule has 3 atom stereocenters. The van der Waals surface area contributed by atoms with Crippen molar-refractivity contribution >= 4 is 23.2 Å². The molecule has 1 N–H and O–H groups in total. The Balaban J connectivity index is 1.73. The van der Waals surface area contributed by atoms with E-state index in [1.54, 1.807) is 0 Å². The molecule has 0 saturated heterocycles. The fraction of sp³-hybridized carbons (Fsp3) is 0.647. The van der Waals surface area contributed by atoms with Crippen molar-refractivity contribution in [1.29, 1.82) is 0 Å². The van der Waals surface area contributed by atoms with E-state index in [2.05, 4.69) is 32.2 Å². The Kier molecular flexibility index (Phi) is 3.60. The lowest BCUT2D eigenvalue weighted by atomic mass is 9.69. The summed E-state index contributed by atoms with van der Waals surface area (Å²) < 4.78 is 0. The maximum Gasteiger partial charge on any atom is 0.0637 e. The van der Waals surface area contributed by atoms with Gasteiger partial charge in [0.2, 0.25) is 0 Å². The van der Waals surface area contributed by atoms with Crippen LogP contribution in [0, 0.1) is 16.7 Å². The van der Waals surface area contributed by atoms with Crippen molar-refractivity contribution in [1.82, 2.24) is 5.32 Å². The van der Waals surface area contributed by atoms with Gasteiger partial charge in [0, 0.05) is 12.6 Å². The fourth-order valence-electron chi connectivity index (χ4n) is 4.43. The molecule has 1 aromatic rings. The summed E-state index contributed by atoms with van der Waals surface area (Å²) in [7, 11) is 0. The van der Waals surface area contributed by atoms with E-state index < -0.39 is 0 Å². The Morgan fingerprint density at radius 3 is 2.60 bits per heavy atom. The average molecular weight is 312 g/mol. The van der Waals surface area contributed by atoms with Gasteiger partial charge in [-0.1, -0.05) is 56.1 Å². The number of halogens is 2. The van der Waals surface area contributed by atoms with Gasteiger partial charge in [-0.25, -0.2) is 0 Å². The summed E-state index contributed by atoms with van der Waals surface area (Å²) in [5, 5.41) is 5.08. The molecule has 0 spiro atoms. The molecular weight excluding hydrogens is 289 g/mol. The molecule has 110 valence electrons. The molecule has 0 aliphatic heterocycles. The van der Waals surface area contributed by atoms with Gasteiger partial charge in [0.1, 0.15) is 0 Å². The van der Waals surface area contributed by atoms with Crippen molar-refractivity contribution in [3.05, 3.63) is 33.8 Å². The molecule has 2 fully saturated rings. The lowest BCUT2D eigenvalue weighted by Crippen LogP contribution is -2.44. The maximum atomic E-state index is 6.28. The zero-order valence-corrected chi connectivity index (χ0v) is 14.0. The first-order valence-corrected chi connectivity index (χ1v) is 8.28. The molecule has 1 nitrogen and oxygen atoms in total. The van der Waals surface area contributed by atoms with Crippen LogP contribution in [0.15, 0.2) is 18.2 Å². The van der Waals surface area contributed by atoms with Gasteiger partial charge in [0.05, 0.1) is 10.0 Å². The summed E-state index contributed by atoms with van der Waals surface area (Å²) in [5.74, 6) is 0.861. The number of hydrogen-bond donors (Lipinski definition) is 1. The summed E-state index contributed by atoms with van der Waals surface area (Å²) in [6.45, 7) is 8.15. The predicted molar refractivity (Wildman–Crippen MR) is 86.3 cm³/mol. The normalized spacial score (nSPS) is 34.6. The quantitative estimate of drug-likeness (QED) is 0.799. The van der Waals surface area contributed by atoms with Crippen LogP contribution in [0.4, 0.5) is 0 Å². The first kappa shape index (κ1) is 14.7.